The molecule has 1 unspecified atom stereocenters. The second-order valence-corrected chi connectivity index (χ2v) is 6.29. The summed E-state index contributed by atoms with van der Waals surface area (Å²) < 4.78 is 21.8. The van der Waals surface area contributed by atoms with Gasteiger partial charge in [0, 0.05) is 6.92 Å². The van der Waals surface area contributed by atoms with E-state index in [-0.39, 0.29) is 0 Å². The van der Waals surface area contributed by atoms with Crippen LogP contribution < -0.4 is 0 Å². The Morgan fingerprint density at radius 3 is 1.76 bits per heavy atom. The lowest BCUT2D eigenvalue weighted by Gasteiger charge is -2.23. The van der Waals surface area contributed by atoms with Gasteiger partial charge in [-0.25, -0.2) is 9.59 Å². The highest BCUT2D eigenvalue weighted by atomic mass is 16.7. The van der Waals surface area contributed by atoms with Gasteiger partial charge in [-0.15, -0.1) is 6.58 Å². The van der Waals surface area contributed by atoms with Crippen molar-refractivity contribution in [2.75, 3.05) is 0 Å². The van der Waals surface area contributed by atoms with Crippen molar-refractivity contribution in [3.8, 4) is 0 Å². The van der Waals surface area contributed by atoms with Crippen LogP contribution in [0.2, 0.25) is 0 Å². The average molecular weight is 396 g/mol. The van der Waals surface area contributed by atoms with Crippen molar-refractivity contribution in [2.45, 2.75) is 31.5 Å². The van der Waals surface area contributed by atoms with E-state index in [1.165, 1.54) is 13.0 Å². The van der Waals surface area contributed by atoms with Crippen LogP contribution in [0.3, 0.4) is 0 Å². The second kappa shape index (κ2) is 9.16. The van der Waals surface area contributed by atoms with Gasteiger partial charge in [0.15, 0.2) is 6.10 Å². The van der Waals surface area contributed by atoms with E-state index in [2.05, 4.69) is 6.58 Å². The van der Waals surface area contributed by atoms with Crippen LogP contribution in [0.1, 0.15) is 27.6 Å². The summed E-state index contributed by atoms with van der Waals surface area (Å²) in [7, 11) is 0. The zero-order valence-electron chi connectivity index (χ0n) is 15.7. The van der Waals surface area contributed by atoms with Crippen LogP contribution in [-0.4, -0.2) is 42.5 Å². The molecule has 7 heteroatoms. The zero-order valence-corrected chi connectivity index (χ0v) is 15.7. The predicted octanol–water partition coefficient (Wildman–Crippen LogP) is 2.91. The Morgan fingerprint density at radius 2 is 1.31 bits per heavy atom. The molecular weight excluding hydrogens is 376 g/mol. The summed E-state index contributed by atoms with van der Waals surface area (Å²) in [5.74, 6) is -1.93. The summed E-state index contributed by atoms with van der Waals surface area (Å²) in [5.41, 5.74) is 0.614. The Morgan fingerprint density at radius 1 is 0.828 bits per heavy atom. The molecule has 4 atom stereocenters. The molecule has 0 bridgehead atoms. The van der Waals surface area contributed by atoms with Crippen molar-refractivity contribution in [1.29, 1.82) is 0 Å². The first-order valence-electron chi connectivity index (χ1n) is 8.97. The molecule has 7 nitrogen and oxygen atoms in total. The molecule has 0 N–H and O–H groups in total. The minimum Gasteiger partial charge on any atom is -0.451 e. The summed E-state index contributed by atoms with van der Waals surface area (Å²) in [5, 5.41) is 0. The van der Waals surface area contributed by atoms with Gasteiger partial charge in [-0.05, 0) is 24.3 Å². The lowest BCUT2D eigenvalue weighted by atomic mass is 10.1. The first-order valence-corrected chi connectivity index (χ1v) is 8.97. The molecule has 1 heterocycles. The largest absolute Gasteiger partial charge is 0.451 e. The van der Waals surface area contributed by atoms with E-state index >= 15 is 0 Å². The molecule has 0 spiro atoms. The molecule has 1 fully saturated rings. The van der Waals surface area contributed by atoms with E-state index in [0.717, 1.165) is 0 Å². The first kappa shape index (κ1) is 20.3. The number of rotatable bonds is 6. The van der Waals surface area contributed by atoms with Crippen LogP contribution in [0.5, 0.6) is 0 Å². The molecule has 0 radical (unpaired) electrons. The van der Waals surface area contributed by atoms with E-state index in [9.17, 15) is 14.4 Å². The summed E-state index contributed by atoms with van der Waals surface area (Å²) in [4.78, 5) is 36.5. The molecule has 29 heavy (non-hydrogen) atoms. The van der Waals surface area contributed by atoms with Crippen molar-refractivity contribution in [3.05, 3.63) is 84.4 Å². The van der Waals surface area contributed by atoms with Gasteiger partial charge in [0.2, 0.25) is 12.4 Å². The summed E-state index contributed by atoms with van der Waals surface area (Å²) in [6.07, 6.45) is -2.88. The third-order valence-corrected chi connectivity index (χ3v) is 4.23. The average Bonchev–Trinajstić information content (AvgIpc) is 3.04. The van der Waals surface area contributed by atoms with E-state index in [1.807, 2.05) is 0 Å². The lowest BCUT2D eigenvalue weighted by Crippen LogP contribution is -2.41. The smallest absolute Gasteiger partial charge is 0.338 e. The van der Waals surface area contributed by atoms with Gasteiger partial charge < -0.3 is 18.9 Å². The summed E-state index contributed by atoms with van der Waals surface area (Å²) in [6, 6.07) is 16.6. The Balaban J connectivity index is 1.84. The number of carbonyl (C=O) groups is 3. The van der Waals surface area contributed by atoms with Crippen molar-refractivity contribution >= 4 is 17.9 Å². The normalized spacial score (nSPS) is 23.1. The predicted molar refractivity (Wildman–Crippen MR) is 102 cm³/mol. The molecule has 2 aromatic rings. The van der Waals surface area contributed by atoms with Gasteiger partial charge in [-0.1, -0.05) is 42.5 Å². The van der Waals surface area contributed by atoms with Gasteiger partial charge in [-0.2, -0.15) is 0 Å². The van der Waals surface area contributed by atoms with E-state index in [0.29, 0.717) is 11.1 Å². The highest BCUT2D eigenvalue weighted by Gasteiger charge is 2.50. The highest BCUT2D eigenvalue weighted by Crippen LogP contribution is 2.30. The van der Waals surface area contributed by atoms with Crippen LogP contribution >= 0.6 is 0 Å². The maximum atomic E-state index is 12.5. The standard InChI is InChI=1S/C22H20O7/c1-3-17-18(28-20(24)15-10-6-4-7-11-15)19(22(27-17)26-14(2)23)29-21(25)16-12-8-5-9-13-16/h3-13,17-19,22H,1H2,2H3/t17-,18+,19+,22?/m0/s1. The highest BCUT2D eigenvalue weighted by molar-refractivity contribution is 5.90. The number of ether oxygens (including phenoxy) is 4. The molecule has 1 saturated heterocycles. The Labute approximate surface area is 167 Å². The first-order chi connectivity index (χ1) is 14.0. The van der Waals surface area contributed by atoms with Gasteiger partial charge in [0.05, 0.1) is 11.1 Å². The van der Waals surface area contributed by atoms with Gasteiger partial charge in [0.1, 0.15) is 6.10 Å². The molecule has 0 saturated carbocycles. The summed E-state index contributed by atoms with van der Waals surface area (Å²) >= 11 is 0. The maximum Gasteiger partial charge on any atom is 0.338 e. The number of carbonyl (C=O) groups excluding carboxylic acids is 3. The van der Waals surface area contributed by atoms with E-state index in [1.54, 1.807) is 60.7 Å². The van der Waals surface area contributed by atoms with Crippen LogP contribution in [0.4, 0.5) is 0 Å². The fraction of sp³-hybridized carbons (Fsp3) is 0.227. The third-order valence-electron chi connectivity index (χ3n) is 4.23. The number of hydrogen-bond acceptors (Lipinski definition) is 7. The van der Waals surface area contributed by atoms with Crippen molar-refractivity contribution in [2.24, 2.45) is 0 Å². The molecule has 0 aromatic heterocycles. The lowest BCUT2D eigenvalue weighted by molar-refractivity contribution is -0.183. The second-order valence-electron chi connectivity index (χ2n) is 6.29. The minimum atomic E-state index is -1.24. The maximum absolute atomic E-state index is 12.5. The minimum absolute atomic E-state index is 0.296. The van der Waals surface area contributed by atoms with Crippen molar-refractivity contribution in [3.63, 3.8) is 0 Å². The van der Waals surface area contributed by atoms with Gasteiger partial charge in [-0.3, -0.25) is 4.79 Å². The van der Waals surface area contributed by atoms with Gasteiger partial charge in [0.25, 0.3) is 0 Å². The molecule has 2 aromatic carbocycles. The van der Waals surface area contributed by atoms with Crippen LogP contribution in [0.15, 0.2) is 73.3 Å². The molecular formula is C22H20O7. The van der Waals surface area contributed by atoms with E-state index < -0.39 is 42.5 Å². The Kier molecular flexibility index (Phi) is 6.41. The SMILES string of the molecule is C=C[C@@H]1OC(OC(C)=O)[C@H](OC(=O)c2ccccc2)[C@@H]1OC(=O)c1ccccc1. The molecule has 1 aliphatic heterocycles. The van der Waals surface area contributed by atoms with Crippen molar-refractivity contribution < 1.29 is 33.3 Å². The van der Waals surface area contributed by atoms with Gasteiger partial charge >= 0.3 is 17.9 Å². The molecule has 1 aliphatic rings. The van der Waals surface area contributed by atoms with Crippen LogP contribution in [0, 0.1) is 0 Å². The number of benzene rings is 2. The zero-order chi connectivity index (χ0) is 20.8. The molecule has 3 rings (SSSR count). The van der Waals surface area contributed by atoms with Crippen LogP contribution in [0.25, 0.3) is 0 Å². The topological polar surface area (TPSA) is 88.1 Å². The van der Waals surface area contributed by atoms with E-state index in [4.69, 9.17) is 18.9 Å². The monoisotopic (exact) mass is 396 g/mol. The van der Waals surface area contributed by atoms with Crippen molar-refractivity contribution in [1.82, 2.24) is 0 Å². The molecule has 0 amide bonds. The fourth-order valence-corrected chi connectivity index (χ4v) is 2.89. The Hall–Kier alpha value is -3.45. The molecule has 150 valence electrons. The fourth-order valence-electron chi connectivity index (χ4n) is 2.89. The Bertz CT molecular complexity index is 879. The summed E-state index contributed by atoms with van der Waals surface area (Å²) in [6.45, 7) is 4.86. The quantitative estimate of drug-likeness (QED) is 0.421. The third kappa shape index (κ3) is 4.89. The van der Waals surface area contributed by atoms with Crippen LogP contribution in [-0.2, 0) is 23.7 Å². The number of hydrogen-bond donors (Lipinski definition) is 0. The molecule has 0 aliphatic carbocycles. The number of esters is 3.